The molecule has 0 bridgehead atoms. The highest BCUT2D eigenvalue weighted by atomic mass is 127. The molecule has 1 aromatic rings. The zero-order valence-electron chi connectivity index (χ0n) is 14.0. The second-order valence-corrected chi connectivity index (χ2v) is 6.72. The minimum Gasteiger partial charge on any atom is -0.377 e. The van der Waals surface area contributed by atoms with E-state index in [0.717, 1.165) is 38.5 Å². The quantitative estimate of drug-likeness (QED) is 0.275. The van der Waals surface area contributed by atoms with Crippen LogP contribution in [0.15, 0.2) is 17.1 Å². The second kappa shape index (κ2) is 12.0. The Balaban J connectivity index is 0.00000264. The molecule has 1 atom stereocenters. The number of aliphatic imine (C=N–C) groups is 1. The number of aryl methyl sites for hydroxylation is 1. The van der Waals surface area contributed by atoms with Gasteiger partial charge in [-0.3, -0.25) is 0 Å². The molecule has 1 aliphatic heterocycles. The van der Waals surface area contributed by atoms with Crippen LogP contribution in [-0.2, 0) is 16.0 Å². The maximum atomic E-state index is 5.64. The Morgan fingerprint density at radius 3 is 2.96 bits per heavy atom. The number of nitrogens with one attached hydrogen (secondary N) is 2. The Bertz CT molecular complexity index is 462. The van der Waals surface area contributed by atoms with Gasteiger partial charge in [0, 0.05) is 29.5 Å². The smallest absolute Gasteiger partial charge is 0.191 e. The highest BCUT2D eigenvalue weighted by molar-refractivity contribution is 14.0. The van der Waals surface area contributed by atoms with Gasteiger partial charge in [-0.05, 0) is 38.8 Å². The highest BCUT2D eigenvalue weighted by Crippen LogP contribution is 2.15. The predicted molar refractivity (Wildman–Crippen MR) is 107 cm³/mol. The van der Waals surface area contributed by atoms with Crippen molar-refractivity contribution in [3.05, 3.63) is 21.9 Å². The first-order chi connectivity index (χ1) is 10.8. The lowest BCUT2D eigenvalue weighted by molar-refractivity contribution is 0.0191. The third-order valence-electron chi connectivity index (χ3n) is 3.40. The van der Waals surface area contributed by atoms with Crippen LogP contribution in [-0.4, -0.2) is 45.0 Å². The molecular weight excluding hydrogens is 425 g/mol. The van der Waals surface area contributed by atoms with E-state index in [0.29, 0.717) is 25.9 Å². The van der Waals surface area contributed by atoms with Crippen molar-refractivity contribution >= 4 is 41.3 Å². The number of nitrogens with zero attached hydrogens (tertiary/aromatic N) is 1. The molecule has 2 rings (SSSR count). The standard InChI is InChI=1S/C16H27N3O2S.HI/c1-3-17-16(19-11-15-7-6-13(2)22-15)18-8-10-20-12-14-5-4-9-21-14;/h6-7,14H,3-5,8-12H2,1-2H3,(H2,17,18,19);1H. The molecule has 0 radical (unpaired) electrons. The molecule has 1 aliphatic rings. The van der Waals surface area contributed by atoms with E-state index in [1.165, 1.54) is 9.75 Å². The molecule has 2 N–H and O–H groups in total. The van der Waals surface area contributed by atoms with Gasteiger partial charge in [-0.15, -0.1) is 35.3 Å². The Kier molecular flexibility index (Phi) is 10.8. The van der Waals surface area contributed by atoms with Crippen LogP contribution in [0.5, 0.6) is 0 Å². The summed E-state index contributed by atoms with van der Waals surface area (Å²) < 4.78 is 11.2. The van der Waals surface area contributed by atoms with Crippen molar-refractivity contribution in [1.82, 2.24) is 10.6 Å². The average molecular weight is 453 g/mol. The lowest BCUT2D eigenvalue weighted by atomic mass is 10.2. The molecule has 1 aromatic heterocycles. The minimum atomic E-state index is 0. The third-order valence-corrected chi connectivity index (χ3v) is 4.39. The first-order valence-electron chi connectivity index (χ1n) is 8.04. The fourth-order valence-electron chi connectivity index (χ4n) is 2.30. The summed E-state index contributed by atoms with van der Waals surface area (Å²) in [6.45, 7) is 8.75. The van der Waals surface area contributed by atoms with E-state index >= 15 is 0 Å². The van der Waals surface area contributed by atoms with Gasteiger partial charge in [0.05, 0.1) is 25.9 Å². The highest BCUT2D eigenvalue weighted by Gasteiger charge is 2.14. The van der Waals surface area contributed by atoms with Crippen LogP contribution in [0.3, 0.4) is 0 Å². The Morgan fingerprint density at radius 2 is 2.30 bits per heavy atom. The first-order valence-corrected chi connectivity index (χ1v) is 8.86. The average Bonchev–Trinajstić information content (AvgIpc) is 3.16. The molecule has 2 heterocycles. The summed E-state index contributed by atoms with van der Waals surface area (Å²) in [5.41, 5.74) is 0. The number of thiophene rings is 1. The number of halogens is 1. The summed E-state index contributed by atoms with van der Waals surface area (Å²) >= 11 is 1.79. The van der Waals surface area contributed by atoms with Crippen molar-refractivity contribution in [2.45, 2.75) is 39.3 Å². The van der Waals surface area contributed by atoms with E-state index in [2.05, 4.69) is 41.6 Å². The zero-order valence-corrected chi connectivity index (χ0v) is 17.1. The van der Waals surface area contributed by atoms with Gasteiger partial charge in [0.15, 0.2) is 5.96 Å². The third kappa shape index (κ3) is 8.32. The van der Waals surface area contributed by atoms with Crippen LogP contribution in [0.25, 0.3) is 0 Å². The van der Waals surface area contributed by atoms with Crippen LogP contribution in [0, 0.1) is 6.92 Å². The molecule has 132 valence electrons. The molecule has 0 saturated carbocycles. The molecule has 0 amide bonds. The van der Waals surface area contributed by atoms with Gasteiger partial charge < -0.3 is 20.1 Å². The fraction of sp³-hybridized carbons (Fsp3) is 0.688. The summed E-state index contributed by atoms with van der Waals surface area (Å²) in [5, 5.41) is 6.56. The number of hydrogen-bond donors (Lipinski definition) is 2. The molecular formula is C16H28IN3O2S. The van der Waals surface area contributed by atoms with Gasteiger partial charge in [-0.2, -0.15) is 0 Å². The topological polar surface area (TPSA) is 54.9 Å². The summed E-state index contributed by atoms with van der Waals surface area (Å²) in [5.74, 6) is 0.842. The lowest BCUT2D eigenvalue weighted by Gasteiger charge is -2.13. The molecule has 1 fully saturated rings. The largest absolute Gasteiger partial charge is 0.377 e. The number of ether oxygens (including phenoxy) is 2. The van der Waals surface area contributed by atoms with Crippen LogP contribution < -0.4 is 10.6 Å². The van der Waals surface area contributed by atoms with Gasteiger partial charge in [-0.1, -0.05) is 0 Å². The van der Waals surface area contributed by atoms with Crippen LogP contribution in [0.2, 0.25) is 0 Å². The summed E-state index contributed by atoms with van der Waals surface area (Å²) in [6.07, 6.45) is 2.58. The second-order valence-electron chi connectivity index (χ2n) is 5.34. The first kappa shape index (κ1) is 20.7. The van der Waals surface area contributed by atoms with E-state index in [4.69, 9.17) is 9.47 Å². The van der Waals surface area contributed by atoms with Crippen LogP contribution in [0.1, 0.15) is 29.5 Å². The Labute approximate surface area is 160 Å². The maximum absolute atomic E-state index is 5.64. The maximum Gasteiger partial charge on any atom is 0.191 e. The SMILES string of the molecule is CCNC(=NCc1ccc(C)s1)NCCOCC1CCCO1.I. The predicted octanol–water partition coefficient (Wildman–Crippen LogP) is 2.93. The van der Waals surface area contributed by atoms with E-state index in [1.54, 1.807) is 11.3 Å². The molecule has 7 heteroatoms. The van der Waals surface area contributed by atoms with Gasteiger partial charge in [0.1, 0.15) is 0 Å². The van der Waals surface area contributed by atoms with Crippen LogP contribution >= 0.6 is 35.3 Å². The van der Waals surface area contributed by atoms with Crippen molar-refractivity contribution in [1.29, 1.82) is 0 Å². The summed E-state index contributed by atoms with van der Waals surface area (Å²) in [7, 11) is 0. The molecule has 0 spiro atoms. The molecule has 5 nitrogen and oxygen atoms in total. The lowest BCUT2D eigenvalue weighted by Crippen LogP contribution is -2.39. The van der Waals surface area contributed by atoms with Crippen molar-refractivity contribution < 1.29 is 9.47 Å². The van der Waals surface area contributed by atoms with Crippen molar-refractivity contribution in [3.63, 3.8) is 0 Å². The minimum absolute atomic E-state index is 0. The van der Waals surface area contributed by atoms with E-state index in [1.807, 2.05) is 0 Å². The molecule has 1 saturated heterocycles. The Morgan fingerprint density at radius 1 is 1.43 bits per heavy atom. The fourth-order valence-corrected chi connectivity index (χ4v) is 3.12. The molecule has 0 aliphatic carbocycles. The van der Waals surface area contributed by atoms with E-state index in [-0.39, 0.29) is 24.0 Å². The van der Waals surface area contributed by atoms with Crippen molar-refractivity contribution in [2.75, 3.05) is 32.9 Å². The van der Waals surface area contributed by atoms with Gasteiger partial charge >= 0.3 is 0 Å². The monoisotopic (exact) mass is 453 g/mol. The van der Waals surface area contributed by atoms with Gasteiger partial charge in [0.25, 0.3) is 0 Å². The number of hydrogen-bond acceptors (Lipinski definition) is 4. The normalized spacial score (nSPS) is 17.8. The number of guanidine groups is 1. The molecule has 1 unspecified atom stereocenters. The van der Waals surface area contributed by atoms with Gasteiger partial charge in [-0.25, -0.2) is 4.99 Å². The molecule has 0 aromatic carbocycles. The number of rotatable bonds is 8. The zero-order chi connectivity index (χ0) is 15.6. The van der Waals surface area contributed by atoms with Crippen LogP contribution in [0.4, 0.5) is 0 Å². The summed E-state index contributed by atoms with van der Waals surface area (Å²) in [4.78, 5) is 7.20. The van der Waals surface area contributed by atoms with Gasteiger partial charge in [0.2, 0.25) is 0 Å². The van der Waals surface area contributed by atoms with Crippen molar-refractivity contribution in [3.8, 4) is 0 Å². The van der Waals surface area contributed by atoms with Crippen molar-refractivity contribution in [2.24, 2.45) is 4.99 Å². The van der Waals surface area contributed by atoms with E-state index in [9.17, 15) is 0 Å². The Hall–Kier alpha value is -0.380. The van der Waals surface area contributed by atoms with E-state index < -0.39 is 0 Å². The summed E-state index contributed by atoms with van der Waals surface area (Å²) in [6, 6.07) is 4.27. The molecule has 23 heavy (non-hydrogen) atoms.